The van der Waals surface area contributed by atoms with E-state index in [9.17, 15) is 4.79 Å². The van der Waals surface area contributed by atoms with Crippen LogP contribution < -0.4 is 16.0 Å². The second-order valence-electron chi connectivity index (χ2n) is 4.09. The number of thiocarbonyl (C=S) groups is 1. The number of carbonyl (C=O) groups excluding carboxylic acids is 1. The third-order valence-corrected chi connectivity index (χ3v) is 3.11. The molecule has 0 heterocycles. The highest BCUT2D eigenvalue weighted by molar-refractivity contribution is 7.80. The highest BCUT2D eigenvalue weighted by Gasteiger charge is 2.17. The van der Waals surface area contributed by atoms with Crippen LogP contribution in [-0.4, -0.2) is 30.5 Å². The number of likely N-dealkylation sites (N-methyl/N-ethyl adjacent to an activating group) is 2. The molecule has 0 aliphatic carbocycles. The third-order valence-electron chi connectivity index (χ3n) is 2.87. The van der Waals surface area contributed by atoms with Crippen LogP contribution in [0.15, 0.2) is 24.3 Å². The molecule has 0 aliphatic heterocycles. The summed E-state index contributed by atoms with van der Waals surface area (Å²) in [5.41, 5.74) is 7.32. The van der Waals surface area contributed by atoms with E-state index in [0.717, 1.165) is 11.3 Å². The summed E-state index contributed by atoms with van der Waals surface area (Å²) in [4.78, 5) is 14.0. The lowest BCUT2D eigenvalue weighted by Gasteiger charge is -2.26. The first-order valence-electron chi connectivity index (χ1n) is 5.87. The van der Waals surface area contributed by atoms with E-state index in [2.05, 4.69) is 5.32 Å². The molecule has 1 atom stereocenters. The predicted molar refractivity (Wildman–Crippen MR) is 78.9 cm³/mol. The van der Waals surface area contributed by atoms with Gasteiger partial charge in [-0.25, -0.2) is 0 Å². The first kappa shape index (κ1) is 14.4. The van der Waals surface area contributed by atoms with E-state index in [-0.39, 0.29) is 11.9 Å². The van der Waals surface area contributed by atoms with Crippen molar-refractivity contribution < 1.29 is 4.79 Å². The fourth-order valence-electron chi connectivity index (χ4n) is 1.58. The molecule has 4 nitrogen and oxygen atoms in total. The Bertz CT molecular complexity index is 430. The standard InChI is InChI=1S/C13H19N3OS/c1-4-15-13(17)9(2)16(3)11-7-5-10(6-8-11)12(14)18/h5-9H,4H2,1-3H3,(H2,14,18)(H,15,17). The topological polar surface area (TPSA) is 58.4 Å². The van der Waals surface area contributed by atoms with Crippen molar-refractivity contribution in [2.75, 3.05) is 18.5 Å². The van der Waals surface area contributed by atoms with E-state index in [1.165, 1.54) is 0 Å². The van der Waals surface area contributed by atoms with E-state index < -0.39 is 0 Å². The molecule has 0 aliphatic rings. The third kappa shape index (κ3) is 3.43. The minimum atomic E-state index is -0.222. The van der Waals surface area contributed by atoms with Gasteiger partial charge < -0.3 is 16.0 Å². The highest BCUT2D eigenvalue weighted by atomic mass is 32.1. The van der Waals surface area contributed by atoms with E-state index in [1.54, 1.807) is 0 Å². The second kappa shape index (κ2) is 6.35. The maximum Gasteiger partial charge on any atom is 0.242 e. The van der Waals surface area contributed by atoms with Crippen molar-refractivity contribution in [3.63, 3.8) is 0 Å². The maximum absolute atomic E-state index is 11.7. The average Bonchev–Trinajstić information content (AvgIpc) is 2.37. The summed E-state index contributed by atoms with van der Waals surface area (Å²) >= 11 is 4.90. The van der Waals surface area contributed by atoms with Gasteiger partial charge in [0.15, 0.2) is 0 Å². The van der Waals surface area contributed by atoms with Gasteiger partial charge in [0.1, 0.15) is 11.0 Å². The van der Waals surface area contributed by atoms with Crippen LogP contribution in [0, 0.1) is 0 Å². The lowest BCUT2D eigenvalue weighted by atomic mass is 10.1. The SMILES string of the molecule is CCNC(=O)C(C)N(C)c1ccc(C(N)=S)cc1. The predicted octanol–water partition coefficient (Wildman–Crippen LogP) is 1.28. The lowest BCUT2D eigenvalue weighted by molar-refractivity contribution is -0.121. The first-order valence-corrected chi connectivity index (χ1v) is 6.28. The van der Waals surface area contributed by atoms with Crippen molar-refractivity contribution >= 4 is 28.8 Å². The monoisotopic (exact) mass is 265 g/mol. The van der Waals surface area contributed by atoms with Crippen molar-refractivity contribution in [2.24, 2.45) is 5.73 Å². The lowest BCUT2D eigenvalue weighted by Crippen LogP contribution is -2.43. The molecule has 98 valence electrons. The highest BCUT2D eigenvalue weighted by Crippen LogP contribution is 2.16. The molecule has 1 rings (SSSR count). The molecule has 18 heavy (non-hydrogen) atoms. The molecule has 1 aromatic carbocycles. The second-order valence-corrected chi connectivity index (χ2v) is 4.53. The molecule has 0 bridgehead atoms. The molecule has 1 unspecified atom stereocenters. The van der Waals surface area contributed by atoms with Gasteiger partial charge in [0.05, 0.1) is 0 Å². The number of anilines is 1. The van der Waals surface area contributed by atoms with Gasteiger partial charge in [-0.3, -0.25) is 4.79 Å². The molecular formula is C13H19N3OS. The number of amides is 1. The molecule has 3 N–H and O–H groups in total. The maximum atomic E-state index is 11.7. The number of nitrogens with one attached hydrogen (secondary N) is 1. The van der Waals surface area contributed by atoms with Crippen LogP contribution in [0.3, 0.4) is 0 Å². The van der Waals surface area contributed by atoms with Crippen LogP contribution in [0.1, 0.15) is 19.4 Å². The van der Waals surface area contributed by atoms with Gasteiger partial charge in [-0.05, 0) is 38.1 Å². The fourth-order valence-corrected chi connectivity index (χ4v) is 1.72. The van der Waals surface area contributed by atoms with Gasteiger partial charge in [-0.2, -0.15) is 0 Å². The van der Waals surface area contributed by atoms with Gasteiger partial charge in [-0.1, -0.05) is 12.2 Å². The first-order chi connectivity index (χ1) is 8.47. The van der Waals surface area contributed by atoms with E-state index in [0.29, 0.717) is 11.5 Å². The Labute approximate surface area is 113 Å². The molecule has 0 aromatic heterocycles. The Balaban J connectivity index is 2.80. The van der Waals surface area contributed by atoms with E-state index in [1.807, 2.05) is 50.1 Å². The number of benzene rings is 1. The van der Waals surface area contributed by atoms with Gasteiger partial charge in [-0.15, -0.1) is 0 Å². The Morgan fingerprint density at radius 2 is 2.00 bits per heavy atom. The normalized spacial score (nSPS) is 11.7. The Morgan fingerprint density at radius 1 is 1.44 bits per heavy atom. The van der Waals surface area contributed by atoms with Crippen molar-refractivity contribution in [1.29, 1.82) is 0 Å². The van der Waals surface area contributed by atoms with Crippen molar-refractivity contribution in [1.82, 2.24) is 5.32 Å². The van der Waals surface area contributed by atoms with Crippen LogP contribution in [0.4, 0.5) is 5.69 Å². The van der Waals surface area contributed by atoms with E-state index >= 15 is 0 Å². The molecule has 0 saturated heterocycles. The van der Waals surface area contributed by atoms with Gasteiger partial charge in [0.25, 0.3) is 0 Å². The summed E-state index contributed by atoms with van der Waals surface area (Å²) in [7, 11) is 1.88. The molecule has 1 amide bonds. The van der Waals surface area contributed by atoms with Crippen LogP contribution in [-0.2, 0) is 4.79 Å². The summed E-state index contributed by atoms with van der Waals surface area (Å²) in [6.45, 7) is 4.41. The van der Waals surface area contributed by atoms with Crippen molar-refractivity contribution in [3.05, 3.63) is 29.8 Å². The summed E-state index contributed by atoms with van der Waals surface area (Å²) in [6.07, 6.45) is 0. The minimum Gasteiger partial charge on any atom is -0.389 e. The fraction of sp³-hybridized carbons (Fsp3) is 0.385. The summed E-state index contributed by atoms with van der Waals surface area (Å²) in [6, 6.07) is 7.31. The summed E-state index contributed by atoms with van der Waals surface area (Å²) in [5.74, 6) is 0.0124. The van der Waals surface area contributed by atoms with Crippen molar-refractivity contribution in [3.8, 4) is 0 Å². The zero-order chi connectivity index (χ0) is 13.7. The van der Waals surface area contributed by atoms with Gasteiger partial charge >= 0.3 is 0 Å². The van der Waals surface area contributed by atoms with Gasteiger partial charge in [0.2, 0.25) is 5.91 Å². The molecular weight excluding hydrogens is 246 g/mol. The number of carbonyl (C=O) groups is 1. The number of rotatable bonds is 5. The molecule has 0 radical (unpaired) electrons. The quantitative estimate of drug-likeness (QED) is 0.788. The number of hydrogen-bond acceptors (Lipinski definition) is 3. The minimum absolute atomic E-state index is 0.0124. The average molecular weight is 265 g/mol. The van der Waals surface area contributed by atoms with Crippen molar-refractivity contribution in [2.45, 2.75) is 19.9 Å². The Kier molecular flexibility index (Phi) is 5.09. The van der Waals surface area contributed by atoms with Gasteiger partial charge in [0, 0.05) is 24.8 Å². The Hall–Kier alpha value is -1.62. The zero-order valence-electron chi connectivity index (χ0n) is 10.9. The molecule has 0 fully saturated rings. The summed E-state index contributed by atoms with van der Waals surface area (Å²) in [5, 5.41) is 2.80. The number of nitrogens with two attached hydrogens (primary N) is 1. The van der Waals surface area contributed by atoms with Crippen LogP contribution in [0.5, 0.6) is 0 Å². The molecule has 0 saturated carbocycles. The van der Waals surface area contributed by atoms with Crippen LogP contribution >= 0.6 is 12.2 Å². The number of nitrogens with zero attached hydrogens (tertiary/aromatic N) is 1. The largest absolute Gasteiger partial charge is 0.389 e. The van der Waals surface area contributed by atoms with E-state index in [4.69, 9.17) is 18.0 Å². The molecule has 1 aromatic rings. The van der Waals surface area contributed by atoms with Crippen LogP contribution in [0.25, 0.3) is 0 Å². The Morgan fingerprint density at radius 3 is 2.44 bits per heavy atom. The van der Waals surface area contributed by atoms with Crippen LogP contribution in [0.2, 0.25) is 0 Å². The number of hydrogen-bond donors (Lipinski definition) is 2. The zero-order valence-corrected chi connectivity index (χ0v) is 11.8. The summed E-state index contributed by atoms with van der Waals surface area (Å²) < 4.78 is 0. The molecule has 0 spiro atoms. The smallest absolute Gasteiger partial charge is 0.242 e. The molecule has 5 heteroatoms.